The van der Waals surface area contributed by atoms with Crippen molar-refractivity contribution in [2.75, 3.05) is 12.3 Å². The minimum atomic E-state index is -1.17. The summed E-state index contributed by atoms with van der Waals surface area (Å²) < 4.78 is 0. The van der Waals surface area contributed by atoms with E-state index in [9.17, 15) is 14.7 Å². The van der Waals surface area contributed by atoms with Crippen LogP contribution in [0.3, 0.4) is 0 Å². The van der Waals surface area contributed by atoms with Crippen LogP contribution >= 0.6 is 12.6 Å². The van der Waals surface area contributed by atoms with Crippen LogP contribution in [0.25, 0.3) is 0 Å². The van der Waals surface area contributed by atoms with Crippen LogP contribution in [0.1, 0.15) is 13.3 Å². The summed E-state index contributed by atoms with van der Waals surface area (Å²) in [7, 11) is 0. The summed E-state index contributed by atoms with van der Waals surface area (Å²) in [6, 6.07) is -1.14. The first-order chi connectivity index (χ1) is 6.97. The minimum Gasteiger partial charge on any atom is -0.480 e. The average Bonchev–Trinajstić information content (AvgIpc) is 2.46. The lowest BCUT2D eigenvalue weighted by Gasteiger charge is -2.26. The Morgan fingerprint density at radius 1 is 1.73 bits per heavy atom. The molecule has 0 spiro atoms. The predicted molar refractivity (Wildman–Crippen MR) is 56.8 cm³/mol. The monoisotopic (exact) mass is 233 g/mol. The number of thiol groups is 1. The van der Waals surface area contributed by atoms with Gasteiger partial charge in [0, 0.05) is 13.0 Å². The molecule has 1 fully saturated rings. The van der Waals surface area contributed by atoms with E-state index in [4.69, 9.17) is 5.11 Å². The number of aliphatic hydroxyl groups excluding tert-OH is 1. The molecule has 0 aromatic carbocycles. The Balaban J connectivity index is 2.77. The second-order valence-electron chi connectivity index (χ2n) is 3.82. The third kappa shape index (κ3) is 2.63. The summed E-state index contributed by atoms with van der Waals surface area (Å²) in [5.74, 6) is -0.754. The highest BCUT2D eigenvalue weighted by atomic mass is 32.1. The van der Waals surface area contributed by atoms with Gasteiger partial charge >= 0.3 is 5.97 Å². The normalized spacial score (nSPS) is 25.4. The Morgan fingerprint density at radius 2 is 2.33 bits per heavy atom. The Kier molecular flexibility index (Phi) is 3.98. The molecule has 6 heteroatoms. The highest BCUT2D eigenvalue weighted by Gasteiger charge is 2.39. The van der Waals surface area contributed by atoms with E-state index in [1.165, 1.54) is 11.8 Å². The lowest BCUT2D eigenvalue weighted by Crippen LogP contribution is -2.48. The summed E-state index contributed by atoms with van der Waals surface area (Å²) in [5.41, 5.74) is 0. The molecule has 86 valence electrons. The summed E-state index contributed by atoms with van der Waals surface area (Å²) in [4.78, 5) is 23.6. The number of carbonyl (C=O) groups excluding carboxylic acids is 1. The first kappa shape index (κ1) is 12.3. The van der Waals surface area contributed by atoms with Gasteiger partial charge in [-0.1, -0.05) is 0 Å². The predicted octanol–water partition coefficient (Wildman–Crippen LogP) is -0.401. The van der Waals surface area contributed by atoms with Crippen LogP contribution in [0, 0.1) is 5.92 Å². The van der Waals surface area contributed by atoms with E-state index in [-0.39, 0.29) is 11.8 Å². The molecule has 0 aromatic rings. The number of hydrogen-bond acceptors (Lipinski definition) is 4. The van der Waals surface area contributed by atoms with E-state index in [0.29, 0.717) is 18.7 Å². The number of amides is 1. The van der Waals surface area contributed by atoms with Crippen LogP contribution in [0.5, 0.6) is 0 Å². The summed E-state index contributed by atoms with van der Waals surface area (Å²) in [6.07, 6.45) is -0.745. The van der Waals surface area contributed by atoms with Gasteiger partial charge in [-0.2, -0.15) is 12.6 Å². The lowest BCUT2D eigenvalue weighted by atomic mass is 10.1. The average molecular weight is 233 g/mol. The van der Waals surface area contributed by atoms with Crippen LogP contribution in [-0.2, 0) is 9.59 Å². The molecular formula is C9H15NO4S. The van der Waals surface area contributed by atoms with Crippen LogP contribution in [0.15, 0.2) is 0 Å². The van der Waals surface area contributed by atoms with Gasteiger partial charge in [0.05, 0.1) is 6.10 Å². The first-order valence-electron chi connectivity index (χ1n) is 4.78. The zero-order chi connectivity index (χ0) is 11.6. The maximum atomic E-state index is 11.5. The number of carbonyl (C=O) groups is 2. The fourth-order valence-corrected chi connectivity index (χ4v) is 2.04. The standard InChI is InChI=1S/C9H15NO4S/c1-5(11)8(9(13)14)10-3-6(4-15)2-7(10)12/h5-6,8,11,15H,2-4H2,1H3,(H,13,14)/t5-,6?,8+/m0/s1. The van der Waals surface area contributed by atoms with Gasteiger partial charge < -0.3 is 15.1 Å². The summed E-state index contributed by atoms with van der Waals surface area (Å²) in [5, 5.41) is 18.2. The molecule has 15 heavy (non-hydrogen) atoms. The maximum absolute atomic E-state index is 11.5. The van der Waals surface area contributed by atoms with Crippen molar-refractivity contribution >= 4 is 24.5 Å². The molecule has 1 aliphatic heterocycles. The van der Waals surface area contributed by atoms with Crippen molar-refractivity contribution in [3.05, 3.63) is 0 Å². The number of rotatable bonds is 4. The molecule has 0 radical (unpaired) electrons. The van der Waals surface area contributed by atoms with Gasteiger partial charge in [-0.15, -0.1) is 0 Å². The van der Waals surface area contributed by atoms with E-state index in [1.807, 2.05) is 0 Å². The lowest BCUT2D eigenvalue weighted by molar-refractivity contribution is -0.152. The first-order valence-corrected chi connectivity index (χ1v) is 5.41. The topological polar surface area (TPSA) is 77.8 Å². The van der Waals surface area contributed by atoms with Gasteiger partial charge in [-0.25, -0.2) is 4.79 Å². The molecule has 0 aliphatic carbocycles. The number of carboxylic acids is 1. The quantitative estimate of drug-likeness (QED) is 0.577. The minimum absolute atomic E-state index is 0.0847. The van der Waals surface area contributed by atoms with Gasteiger partial charge in [0.25, 0.3) is 0 Å². The third-order valence-corrected chi connectivity index (χ3v) is 3.06. The number of carboxylic acid groups (broad SMARTS) is 1. The molecule has 1 saturated heterocycles. The molecule has 0 bridgehead atoms. The second-order valence-corrected chi connectivity index (χ2v) is 4.19. The largest absolute Gasteiger partial charge is 0.480 e. The van der Waals surface area contributed by atoms with Crippen LogP contribution < -0.4 is 0 Å². The van der Waals surface area contributed by atoms with E-state index in [2.05, 4.69) is 12.6 Å². The number of aliphatic carboxylic acids is 1. The number of hydrogen-bond donors (Lipinski definition) is 3. The molecule has 1 amide bonds. The molecule has 3 atom stereocenters. The molecule has 1 heterocycles. The van der Waals surface area contributed by atoms with Crippen molar-refractivity contribution < 1.29 is 19.8 Å². The summed E-state index contributed by atoms with van der Waals surface area (Å²) in [6.45, 7) is 1.74. The van der Waals surface area contributed by atoms with E-state index < -0.39 is 18.1 Å². The SMILES string of the molecule is C[C@H](O)[C@H](C(=O)O)N1CC(CS)CC1=O. The molecule has 1 aliphatic rings. The molecule has 0 saturated carbocycles. The van der Waals surface area contributed by atoms with Gasteiger partial charge in [0.2, 0.25) is 5.91 Å². The molecule has 0 aromatic heterocycles. The molecular weight excluding hydrogens is 218 g/mol. The highest BCUT2D eigenvalue weighted by molar-refractivity contribution is 7.80. The number of aliphatic hydroxyl groups is 1. The highest BCUT2D eigenvalue weighted by Crippen LogP contribution is 2.22. The van der Waals surface area contributed by atoms with Crippen molar-refractivity contribution in [3.8, 4) is 0 Å². The van der Waals surface area contributed by atoms with Gasteiger partial charge in [0.15, 0.2) is 6.04 Å². The zero-order valence-corrected chi connectivity index (χ0v) is 9.35. The Labute approximate surface area is 93.5 Å². The van der Waals surface area contributed by atoms with Gasteiger partial charge in [-0.05, 0) is 18.6 Å². The maximum Gasteiger partial charge on any atom is 0.329 e. The van der Waals surface area contributed by atoms with Crippen molar-refractivity contribution in [3.63, 3.8) is 0 Å². The van der Waals surface area contributed by atoms with Crippen molar-refractivity contribution in [2.24, 2.45) is 5.92 Å². The molecule has 5 nitrogen and oxygen atoms in total. The van der Waals surface area contributed by atoms with Crippen molar-refractivity contribution in [1.29, 1.82) is 0 Å². The third-order valence-electron chi connectivity index (χ3n) is 2.54. The van der Waals surface area contributed by atoms with Crippen LogP contribution in [-0.4, -0.2) is 51.4 Å². The summed E-state index contributed by atoms with van der Waals surface area (Å²) >= 11 is 4.08. The fourth-order valence-electron chi connectivity index (χ4n) is 1.80. The Morgan fingerprint density at radius 3 is 2.67 bits per heavy atom. The van der Waals surface area contributed by atoms with Gasteiger partial charge in [0.1, 0.15) is 0 Å². The fraction of sp³-hybridized carbons (Fsp3) is 0.778. The van der Waals surface area contributed by atoms with E-state index in [1.54, 1.807) is 0 Å². The smallest absolute Gasteiger partial charge is 0.329 e. The number of likely N-dealkylation sites (tertiary alicyclic amines) is 1. The number of nitrogens with zero attached hydrogens (tertiary/aromatic N) is 1. The molecule has 1 rings (SSSR count). The Bertz CT molecular complexity index is 269. The van der Waals surface area contributed by atoms with E-state index >= 15 is 0 Å². The Hall–Kier alpha value is -0.750. The van der Waals surface area contributed by atoms with Crippen molar-refractivity contribution in [1.82, 2.24) is 4.90 Å². The van der Waals surface area contributed by atoms with Crippen molar-refractivity contribution in [2.45, 2.75) is 25.5 Å². The molecule has 1 unspecified atom stereocenters. The van der Waals surface area contributed by atoms with Crippen LogP contribution in [0.2, 0.25) is 0 Å². The van der Waals surface area contributed by atoms with Crippen LogP contribution in [0.4, 0.5) is 0 Å². The second kappa shape index (κ2) is 4.85. The zero-order valence-electron chi connectivity index (χ0n) is 8.46. The van der Waals surface area contributed by atoms with E-state index in [0.717, 1.165) is 0 Å². The molecule has 2 N–H and O–H groups in total. The van der Waals surface area contributed by atoms with Gasteiger partial charge in [-0.3, -0.25) is 4.79 Å².